The molecule has 0 fully saturated rings. The molecule has 2 unspecified atom stereocenters. The molecular formula is C15H19FO3. The molecule has 0 saturated heterocycles. The van der Waals surface area contributed by atoms with E-state index in [2.05, 4.69) is 0 Å². The van der Waals surface area contributed by atoms with Crippen molar-refractivity contribution >= 4 is 11.8 Å². The second kappa shape index (κ2) is 7.67. The van der Waals surface area contributed by atoms with Crippen LogP contribution in [0.15, 0.2) is 30.3 Å². The minimum Gasteiger partial charge on any atom is -0.426 e. The SMILES string of the molecule is CCCC(=O)C(CC)C(=O)OC(F)c1ccccc1. The summed E-state index contributed by atoms with van der Waals surface area (Å²) in [7, 11) is 0. The second-order valence-electron chi connectivity index (χ2n) is 4.34. The fourth-order valence-electron chi connectivity index (χ4n) is 1.80. The number of Topliss-reactive ketones (excluding diaryl/α,β-unsaturated/α-hetero) is 1. The molecule has 0 aliphatic rings. The normalized spacial score (nSPS) is 13.6. The summed E-state index contributed by atoms with van der Waals surface area (Å²) in [6.07, 6.45) is -0.507. The van der Waals surface area contributed by atoms with E-state index in [1.54, 1.807) is 25.1 Å². The van der Waals surface area contributed by atoms with Gasteiger partial charge in [-0.2, -0.15) is 4.39 Å². The molecule has 3 nitrogen and oxygen atoms in total. The zero-order valence-electron chi connectivity index (χ0n) is 11.3. The van der Waals surface area contributed by atoms with E-state index in [1.165, 1.54) is 12.1 Å². The molecule has 0 saturated carbocycles. The summed E-state index contributed by atoms with van der Waals surface area (Å²) in [6, 6.07) is 8.14. The summed E-state index contributed by atoms with van der Waals surface area (Å²) in [6.45, 7) is 3.58. The highest BCUT2D eigenvalue weighted by molar-refractivity contribution is 5.98. The lowest BCUT2D eigenvalue weighted by molar-refractivity contribution is -0.165. The fourth-order valence-corrected chi connectivity index (χ4v) is 1.80. The zero-order valence-corrected chi connectivity index (χ0v) is 11.3. The van der Waals surface area contributed by atoms with Crippen LogP contribution in [0.25, 0.3) is 0 Å². The largest absolute Gasteiger partial charge is 0.426 e. The molecule has 0 spiro atoms. The Balaban J connectivity index is 2.65. The van der Waals surface area contributed by atoms with Crippen LogP contribution < -0.4 is 0 Å². The first-order chi connectivity index (χ1) is 9.10. The van der Waals surface area contributed by atoms with Crippen molar-refractivity contribution in [3.8, 4) is 0 Å². The number of alkyl halides is 1. The van der Waals surface area contributed by atoms with Gasteiger partial charge in [0.2, 0.25) is 0 Å². The van der Waals surface area contributed by atoms with Crippen LogP contribution in [-0.2, 0) is 14.3 Å². The average molecular weight is 266 g/mol. The summed E-state index contributed by atoms with van der Waals surface area (Å²) >= 11 is 0. The van der Waals surface area contributed by atoms with Crippen molar-refractivity contribution < 1.29 is 18.7 Å². The maximum absolute atomic E-state index is 13.8. The van der Waals surface area contributed by atoms with Gasteiger partial charge in [0.15, 0.2) is 0 Å². The zero-order chi connectivity index (χ0) is 14.3. The molecule has 1 rings (SSSR count). The van der Waals surface area contributed by atoms with Gasteiger partial charge in [-0.05, 0) is 12.8 Å². The Morgan fingerprint density at radius 1 is 1.21 bits per heavy atom. The molecule has 2 atom stereocenters. The minimum absolute atomic E-state index is 0.185. The Bertz CT molecular complexity index is 417. The highest BCUT2D eigenvalue weighted by Crippen LogP contribution is 2.21. The minimum atomic E-state index is -1.82. The van der Waals surface area contributed by atoms with E-state index in [9.17, 15) is 14.0 Å². The topological polar surface area (TPSA) is 43.4 Å². The van der Waals surface area contributed by atoms with Gasteiger partial charge in [0.1, 0.15) is 11.7 Å². The third kappa shape index (κ3) is 4.47. The molecule has 0 bridgehead atoms. The number of halogens is 1. The van der Waals surface area contributed by atoms with Crippen molar-refractivity contribution in [3.05, 3.63) is 35.9 Å². The molecule has 104 valence electrons. The van der Waals surface area contributed by atoms with Crippen LogP contribution in [-0.4, -0.2) is 11.8 Å². The third-order valence-corrected chi connectivity index (χ3v) is 2.86. The third-order valence-electron chi connectivity index (χ3n) is 2.86. The van der Waals surface area contributed by atoms with Gasteiger partial charge in [-0.25, -0.2) is 0 Å². The van der Waals surface area contributed by atoms with Gasteiger partial charge in [-0.3, -0.25) is 9.59 Å². The molecule has 1 aromatic carbocycles. The number of carbonyl (C=O) groups is 2. The summed E-state index contributed by atoms with van der Waals surface area (Å²) in [5.41, 5.74) is 0.272. The maximum Gasteiger partial charge on any atom is 0.319 e. The van der Waals surface area contributed by atoms with Gasteiger partial charge < -0.3 is 4.74 Å². The van der Waals surface area contributed by atoms with Crippen molar-refractivity contribution in [2.24, 2.45) is 5.92 Å². The lowest BCUT2D eigenvalue weighted by Crippen LogP contribution is -2.26. The van der Waals surface area contributed by atoms with Gasteiger partial charge in [-0.15, -0.1) is 0 Å². The standard InChI is InChI=1S/C15H19FO3/c1-3-8-13(17)12(4-2)15(18)19-14(16)11-9-6-5-7-10-11/h5-7,9-10,12,14H,3-4,8H2,1-2H3. The van der Waals surface area contributed by atoms with Gasteiger partial charge in [0, 0.05) is 12.0 Å². The van der Waals surface area contributed by atoms with Crippen LogP contribution >= 0.6 is 0 Å². The number of esters is 1. The van der Waals surface area contributed by atoms with Crippen LogP contribution in [0.4, 0.5) is 4.39 Å². The lowest BCUT2D eigenvalue weighted by Gasteiger charge is -2.15. The molecule has 0 amide bonds. The molecule has 4 heteroatoms. The molecule has 0 N–H and O–H groups in total. The molecule has 0 aliphatic carbocycles. The number of rotatable bonds is 7. The van der Waals surface area contributed by atoms with Gasteiger partial charge in [-0.1, -0.05) is 44.2 Å². The van der Waals surface area contributed by atoms with E-state index in [4.69, 9.17) is 4.74 Å². The van der Waals surface area contributed by atoms with Crippen molar-refractivity contribution in [2.45, 2.75) is 39.5 Å². The highest BCUT2D eigenvalue weighted by Gasteiger charge is 2.28. The first-order valence-electron chi connectivity index (χ1n) is 6.52. The van der Waals surface area contributed by atoms with Crippen LogP contribution in [0.2, 0.25) is 0 Å². The van der Waals surface area contributed by atoms with Gasteiger partial charge in [0.05, 0.1) is 0 Å². The van der Waals surface area contributed by atoms with E-state index >= 15 is 0 Å². The van der Waals surface area contributed by atoms with Gasteiger partial charge in [0.25, 0.3) is 6.36 Å². The monoisotopic (exact) mass is 266 g/mol. The summed E-state index contributed by atoms with van der Waals surface area (Å²) in [5.74, 6) is -1.82. The maximum atomic E-state index is 13.8. The molecule has 0 aromatic heterocycles. The Morgan fingerprint density at radius 3 is 2.37 bits per heavy atom. The van der Waals surface area contributed by atoms with Crippen LogP contribution in [0, 0.1) is 5.92 Å². The smallest absolute Gasteiger partial charge is 0.319 e. The number of carbonyl (C=O) groups excluding carboxylic acids is 2. The number of hydrogen-bond donors (Lipinski definition) is 0. The molecule has 0 radical (unpaired) electrons. The van der Waals surface area contributed by atoms with E-state index in [0.717, 1.165) is 0 Å². The van der Waals surface area contributed by atoms with Crippen molar-refractivity contribution in [1.29, 1.82) is 0 Å². The van der Waals surface area contributed by atoms with E-state index < -0.39 is 18.2 Å². The van der Waals surface area contributed by atoms with Gasteiger partial charge >= 0.3 is 5.97 Å². The first-order valence-corrected chi connectivity index (χ1v) is 6.52. The number of hydrogen-bond acceptors (Lipinski definition) is 3. The number of ether oxygens (including phenoxy) is 1. The number of benzene rings is 1. The Morgan fingerprint density at radius 2 is 1.84 bits per heavy atom. The van der Waals surface area contributed by atoms with E-state index in [-0.39, 0.29) is 11.3 Å². The second-order valence-corrected chi connectivity index (χ2v) is 4.34. The molecule has 19 heavy (non-hydrogen) atoms. The predicted octanol–water partition coefficient (Wildman–Crippen LogP) is 3.59. The summed E-state index contributed by atoms with van der Waals surface area (Å²) < 4.78 is 18.5. The highest BCUT2D eigenvalue weighted by atomic mass is 19.1. The molecule has 0 aliphatic heterocycles. The molecule has 0 heterocycles. The average Bonchev–Trinajstić information content (AvgIpc) is 2.40. The summed E-state index contributed by atoms with van der Waals surface area (Å²) in [5, 5.41) is 0. The van der Waals surface area contributed by atoms with E-state index in [0.29, 0.717) is 19.3 Å². The van der Waals surface area contributed by atoms with E-state index in [1.807, 2.05) is 6.92 Å². The van der Waals surface area contributed by atoms with Crippen LogP contribution in [0.1, 0.15) is 45.0 Å². The van der Waals surface area contributed by atoms with Crippen molar-refractivity contribution in [2.75, 3.05) is 0 Å². The Labute approximate surface area is 112 Å². The Kier molecular flexibility index (Phi) is 6.19. The molecular weight excluding hydrogens is 247 g/mol. The van der Waals surface area contributed by atoms with Crippen molar-refractivity contribution in [1.82, 2.24) is 0 Å². The Hall–Kier alpha value is -1.71. The lowest BCUT2D eigenvalue weighted by atomic mass is 9.98. The summed E-state index contributed by atoms with van der Waals surface area (Å²) in [4.78, 5) is 23.5. The van der Waals surface area contributed by atoms with Crippen molar-refractivity contribution in [3.63, 3.8) is 0 Å². The number of ketones is 1. The van der Waals surface area contributed by atoms with Crippen LogP contribution in [0.5, 0.6) is 0 Å². The fraction of sp³-hybridized carbons (Fsp3) is 0.467. The van der Waals surface area contributed by atoms with Crippen LogP contribution in [0.3, 0.4) is 0 Å². The quantitative estimate of drug-likeness (QED) is 0.559. The first kappa shape index (κ1) is 15.3. The molecule has 1 aromatic rings. The predicted molar refractivity (Wildman–Crippen MR) is 70.1 cm³/mol.